The van der Waals surface area contributed by atoms with Crippen LogP contribution in [0.3, 0.4) is 0 Å². The number of carbonyl (C=O) groups excluding carboxylic acids is 2. The Labute approximate surface area is 103 Å². The first-order valence-corrected chi connectivity index (χ1v) is 5.14. The Bertz CT molecular complexity index is 489. The van der Waals surface area contributed by atoms with Crippen molar-refractivity contribution in [2.24, 2.45) is 11.1 Å². The molecule has 7 nitrogen and oxygen atoms in total. The summed E-state index contributed by atoms with van der Waals surface area (Å²) >= 11 is 0. The van der Waals surface area contributed by atoms with E-state index in [9.17, 15) is 14.4 Å². The Balaban J connectivity index is 2.75. The highest BCUT2D eigenvalue weighted by Gasteiger charge is 2.27. The Hall–Kier alpha value is -2.31. The molecule has 98 valence electrons. The van der Waals surface area contributed by atoms with Gasteiger partial charge in [0, 0.05) is 6.54 Å². The molecule has 1 rings (SSSR count). The van der Waals surface area contributed by atoms with E-state index in [4.69, 9.17) is 15.3 Å². The van der Waals surface area contributed by atoms with Gasteiger partial charge in [-0.2, -0.15) is 0 Å². The molecular formula is C11H14N2O5. The van der Waals surface area contributed by atoms with Crippen LogP contribution in [0.1, 0.15) is 34.8 Å². The highest BCUT2D eigenvalue weighted by atomic mass is 16.4. The summed E-state index contributed by atoms with van der Waals surface area (Å²) in [7, 11) is 0. The number of hydrogen-bond acceptors (Lipinski definition) is 4. The first-order chi connectivity index (χ1) is 8.25. The second-order valence-electron chi connectivity index (χ2n) is 4.40. The van der Waals surface area contributed by atoms with Crippen LogP contribution in [0.15, 0.2) is 16.7 Å². The van der Waals surface area contributed by atoms with Crippen molar-refractivity contribution in [3.05, 3.63) is 23.7 Å². The molecule has 0 fully saturated rings. The minimum absolute atomic E-state index is 0.0130. The fraction of sp³-hybridized carbons (Fsp3) is 0.364. The molecule has 1 aromatic heterocycles. The summed E-state index contributed by atoms with van der Waals surface area (Å²) in [5.41, 5.74) is 3.99. The number of carbonyl (C=O) groups is 3. The van der Waals surface area contributed by atoms with Crippen molar-refractivity contribution in [2.45, 2.75) is 13.8 Å². The van der Waals surface area contributed by atoms with E-state index in [-0.39, 0.29) is 17.9 Å². The van der Waals surface area contributed by atoms with Gasteiger partial charge in [-0.25, -0.2) is 4.79 Å². The van der Waals surface area contributed by atoms with Gasteiger partial charge in [-0.05, 0) is 19.9 Å². The lowest BCUT2D eigenvalue weighted by atomic mass is 9.93. The molecule has 1 aromatic rings. The standard InChI is InChI=1S/C11H14N2O5/c1-11(2,10(12)17)5-13-8(14)7-6(9(15)16)3-4-18-7/h3-4H,5H2,1-2H3,(H2,12,17)(H,13,14)(H,15,16). The molecule has 0 aliphatic carbocycles. The maximum absolute atomic E-state index is 11.7. The van der Waals surface area contributed by atoms with Gasteiger partial charge < -0.3 is 20.6 Å². The quantitative estimate of drug-likeness (QED) is 0.693. The maximum Gasteiger partial charge on any atom is 0.339 e. The third kappa shape index (κ3) is 2.88. The minimum atomic E-state index is -1.26. The first kappa shape index (κ1) is 13.8. The van der Waals surface area contributed by atoms with Gasteiger partial charge in [0.1, 0.15) is 5.56 Å². The monoisotopic (exact) mass is 254 g/mol. The predicted octanol–water partition coefficient (Wildman–Crippen LogP) is 0.219. The van der Waals surface area contributed by atoms with E-state index in [1.54, 1.807) is 13.8 Å². The summed E-state index contributed by atoms with van der Waals surface area (Å²) < 4.78 is 4.80. The van der Waals surface area contributed by atoms with E-state index in [0.717, 1.165) is 6.26 Å². The zero-order valence-electron chi connectivity index (χ0n) is 10.0. The zero-order chi connectivity index (χ0) is 13.9. The molecule has 0 aliphatic rings. The summed E-state index contributed by atoms with van der Waals surface area (Å²) in [5.74, 6) is -2.83. The lowest BCUT2D eigenvalue weighted by Gasteiger charge is -2.20. The van der Waals surface area contributed by atoms with Crippen LogP contribution < -0.4 is 11.1 Å². The van der Waals surface area contributed by atoms with Crippen molar-refractivity contribution in [1.82, 2.24) is 5.32 Å². The van der Waals surface area contributed by atoms with Gasteiger partial charge in [0.25, 0.3) is 5.91 Å². The topological polar surface area (TPSA) is 123 Å². The van der Waals surface area contributed by atoms with Gasteiger partial charge in [-0.1, -0.05) is 0 Å². The van der Waals surface area contributed by atoms with Crippen LogP contribution in [0.25, 0.3) is 0 Å². The van der Waals surface area contributed by atoms with Crippen molar-refractivity contribution in [2.75, 3.05) is 6.54 Å². The lowest BCUT2D eigenvalue weighted by Crippen LogP contribution is -2.42. The molecule has 0 aromatic carbocycles. The number of rotatable bonds is 5. The average molecular weight is 254 g/mol. The van der Waals surface area contributed by atoms with Gasteiger partial charge in [0.15, 0.2) is 0 Å². The van der Waals surface area contributed by atoms with Crippen LogP contribution in [0.2, 0.25) is 0 Å². The van der Waals surface area contributed by atoms with Crippen molar-refractivity contribution >= 4 is 17.8 Å². The summed E-state index contributed by atoms with van der Waals surface area (Å²) in [4.78, 5) is 33.5. The van der Waals surface area contributed by atoms with Crippen molar-refractivity contribution < 1.29 is 23.9 Å². The van der Waals surface area contributed by atoms with E-state index < -0.39 is 23.2 Å². The molecule has 18 heavy (non-hydrogen) atoms. The van der Waals surface area contributed by atoms with Gasteiger partial charge in [-0.15, -0.1) is 0 Å². The minimum Gasteiger partial charge on any atom is -0.478 e. The number of furan rings is 1. The summed E-state index contributed by atoms with van der Waals surface area (Å²) in [6.45, 7) is 3.12. The van der Waals surface area contributed by atoms with Crippen LogP contribution in [-0.4, -0.2) is 29.4 Å². The van der Waals surface area contributed by atoms with E-state index >= 15 is 0 Å². The van der Waals surface area contributed by atoms with Gasteiger partial charge in [0.05, 0.1) is 11.7 Å². The van der Waals surface area contributed by atoms with Crippen molar-refractivity contribution in [1.29, 1.82) is 0 Å². The molecule has 0 radical (unpaired) electrons. The van der Waals surface area contributed by atoms with Gasteiger partial charge in [0.2, 0.25) is 11.7 Å². The Morgan fingerprint density at radius 2 is 2.06 bits per heavy atom. The molecule has 0 atom stereocenters. The number of hydrogen-bond donors (Lipinski definition) is 3. The normalized spacial score (nSPS) is 11.0. The number of nitrogens with two attached hydrogens (primary N) is 1. The van der Waals surface area contributed by atoms with Crippen molar-refractivity contribution in [3.63, 3.8) is 0 Å². The Kier molecular flexibility index (Phi) is 3.75. The summed E-state index contributed by atoms with van der Waals surface area (Å²) in [6.07, 6.45) is 1.11. The number of primary amides is 1. The number of carboxylic acid groups (broad SMARTS) is 1. The predicted molar refractivity (Wildman–Crippen MR) is 61.0 cm³/mol. The third-order valence-corrected chi connectivity index (χ3v) is 2.46. The first-order valence-electron chi connectivity index (χ1n) is 5.14. The largest absolute Gasteiger partial charge is 0.478 e. The molecule has 4 N–H and O–H groups in total. The van der Waals surface area contributed by atoms with Crippen molar-refractivity contribution in [3.8, 4) is 0 Å². The number of aromatic carboxylic acids is 1. The molecule has 1 heterocycles. The van der Waals surface area contributed by atoms with Crippen LogP contribution in [0.5, 0.6) is 0 Å². The zero-order valence-corrected chi connectivity index (χ0v) is 10.0. The molecule has 7 heteroatoms. The van der Waals surface area contributed by atoms with E-state index in [2.05, 4.69) is 5.32 Å². The van der Waals surface area contributed by atoms with Crippen LogP contribution in [0, 0.1) is 5.41 Å². The lowest BCUT2D eigenvalue weighted by molar-refractivity contribution is -0.125. The van der Waals surface area contributed by atoms with Crippen LogP contribution in [-0.2, 0) is 4.79 Å². The summed E-state index contributed by atoms with van der Waals surface area (Å²) in [6, 6.07) is 1.18. The average Bonchev–Trinajstić information content (AvgIpc) is 2.74. The number of carboxylic acids is 1. The van der Waals surface area contributed by atoms with E-state index in [1.807, 2.05) is 0 Å². The number of nitrogens with one attached hydrogen (secondary N) is 1. The van der Waals surface area contributed by atoms with Crippen LogP contribution >= 0.6 is 0 Å². The third-order valence-electron chi connectivity index (χ3n) is 2.46. The highest BCUT2D eigenvalue weighted by molar-refractivity contribution is 6.02. The molecule has 0 spiro atoms. The molecule has 0 saturated carbocycles. The molecular weight excluding hydrogens is 240 g/mol. The van der Waals surface area contributed by atoms with E-state index in [1.165, 1.54) is 6.07 Å². The molecule has 0 saturated heterocycles. The Morgan fingerprint density at radius 3 is 2.56 bits per heavy atom. The molecule has 0 bridgehead atoms. The smallest absolute Gasteiger partial charge is 0.339 e. The fourth-order valence-corrected chi connectivity index (χ4v) is 1.12. The molecule has 2 amide bonds. The van der Waals surface area contributed by atoms with Gasteiger partial charge >= 0.3 is 5.97 Å². The van der Waals surface area contributed by atoms with Gasteiger partial charge in [-0.3, -0.25) is 9.59 Å². The molecule has 0 unspecified atom stereocenters. The SMILES string of the molecule is CC(C)(CNC(=O)c1occc1C(=O)O)C(N)=O. The van der Waals surface area contributed by atoms with Crippen LogP contribution in [0.4, 0.5) is 0 Å². The molecule has 0 aliphatic heterocycles. The van der Waals surface area contributed by atoms with E-state index in [0.29, 0.717) is 0 Å². The summed E-state index contributed by atoms with van der Waals surface area (Å²) in [5, 5.41) is 11.2. The Morgan fingerprint density at radius 1 is 1.44 bits per heavy atom. The number of amides is 2. The maximum atomic E-state index is 11.7. The highest BCUT2D eigenvalue weighted by Crippen LogP contribution is 2.14. The second-order valence-corrected chi connectivity index (χ2v) is 4.40. The fourth-order valence-electron chi connectivity index (χ4n) is 1.12. The second kappa shape index (κ2) is 4.91.